The van der Waals surface area contributed by atoms with Crippen molar-refractivity contribution in [3.63, 3.8) is 0 Å². The van der Waals surface area contributed by atoms with Gasteiger partial charge in [0, 0.05) is 38.8 Å². The Hall–Kier alpha value is -1.17. The first-order valence-corrected chi connectivity index (χ1v) is 8.12. The zero-order chi connectivity index (χ0) is 15.9. The molecule has 0 unspecified atom stereocenters. The summed E-state index contributed by atoms with van der Waals surface area (Å²) in [5.41, 5.74) is 0. The summed E-state index contributed by atoms with van der Waals surface area (Å²) in [6, 6.07) is 6.98. The second-order valence-corrected chi connectivity index (χ2v) is 5.99. The number of hydrogen-bond acceptors (Lipinski definition) is 4. The Kier molecular flexibility index (Phi) is 6.61. The van der Waals surface area contributed by atoms with Crippen molar-refractivity contribution < 1.29 is 14.2 Å². The van der Waals surface area contributed by atoms with Gasteiger partial charge in [0.25, 0.3) is 0 Å². The molecule has 1 saturated heterocycles. The summed E-state index contributed by atoms with van der Waals surface area (Å²) in [6.07, 6.45) is 0.780. The van der Waals surface area contributed by atoms with Crippen LogP contribution in [0, 0.1) is 5.82 Å². The number of para-hydroxylation sites is 1. The van der Waals surface area contributed by atoms with Gasteiger partial charge in [0.15, 0.2) is 11.6 Å². The number of piperazine rings is 1. The standard InChI is InChI=1S/C17H27FN2O2/c1-3-15-13-19(8-9-20(15)12-14(2)21)10-11-22-17-7-5-4-6-16(17)18/h4-7,14-15,21H,3,8-13H2,1-2H3/t14-,15+/m1/s1. The number of nitrogens with zero attached hydrogens (tertiary/aromatic N) is 2. The van der Waals surface area contributed by atoms with Crippen molar-refractivity contribution in [1.82, 2.24) is 9.80 Å². The van der Waals surface area contributed by atoms with Crippen LogP contribution in [0.4, 0.5) is 4.39 Å². The summed E-state index contributed by atoms with van der Waals surface area (Å²) in [5.74, 6) is 0.0120. The number of β-amino-alcohol motifs (C(OH)–C–C–N with tert-alkyl or cyclic N) is 1. The Bertz CT molecular complexity index is 456. The number of hydrogen-bond donors (Lipinski definition) is 1. The van der Waals surface area contributed by atoms with Crippen LogP contribution >= 0.6 is 0 Å². The summed E-state index contributed by atoms with van der Waals surface area (Å²) in [4.78, 5) is 4.71. The second kappa shape index (κ2) is 8.46. The molecule has 1 N–H and O–H groups in total. The Morgan fingerprint density at radius 3 is 2.82 bits per heavy atom. The first-order chi connectivity index (χ1) is 10.6. The molecule has 0 bridgehead atoms. The van der Waals surface area contributed by atoms with Gasteiger partial charge in [0.1, 0.15) is 6.61 Å². The Labute approximate surface area is 132 Å². The fourth-order valence-electron chi connectivity index (χ4n) is 2.97. The molecule has 2 atom stereocenters. The predicted octanol–water partition coefficient (Wildman–Crippen LogP) is 1.98. The van der Waals surface area contributed by atoms with E-state index in [-0.39, 0.29) is 11.9 Å². The lowest BCUT2D eigenvalue weighted by atomic mass is 10.1. The number of rotatable bonds is 7. The summed E-state index contributed by atoms with van der Waals surface area (Å²) >= 11 is 0. The van der Waals surface area contributed by atoms with Gasteiger partial charge in [-0.15, -0.1) is 0 Å². The van der Waals surface area contributed by atoms with Crippen LogP contribution in [0.5, 0.6) is 5.75 Å². The van der Waals surface area contributed by atoms with E-state index in [0.717, 1.165) is 39.1 Å². The fourth-order valence-corrected chi connectivity index (χ4v) is 2.97. The topological polar surface area (TPSA) is 35.9 Å². The van der Waals surface area contributed by atoms with Crippen LogP contribution in [0.15, 0.2) is 24.3 Å². The van der Waals surface area contributed by atoms with Crippen LogP contribution in [0.2, 0.25) is 0 Å². The maximum atomic E-state index is 13.5. The van der Waals surface area contributed by atoms with E-state index in [4.69, 9.17) is 4.74 Å². The third-order valence-corrected chi connectivity index (χ3v) is 4.16. The van der Waals surface area contributed by atoms with Gasteiger partial charge in [0.2, 0.25) is 0 Å². The maximum absolute atomic E-state index is 13.5. The van der Waals surface area contributed by atoms with E-state index in [1.54, 1.807) is 18.2 Å². The largest absolute Gasteiger partial charge is 0.489 e. The van der Waals surface area contributed by atoms with Gasteiger partial charge in [-0.2, -0.15) is 0 Å². The highest BCUT2D eigenvalue weighted by atomic mass is 19.1. The van der Waals surface area contributed by atoms with E-state index in [1.165, 1.54) is 6.07 Å². The van der Waals surface area contributed by atoms with Crippen molar-refractivity contribution in [3.05, 3.63) is 30.1 Å². The third-order valence-electron chi connectivity index (χ3n) is 4.16. The molecule has 22 heavy (non-hydrogen) atoms. The predicted molar refractivity (Wildman–Crippen MR) is 85.7 cm³/mol. The third kappa shape index (κ3) is 4.93. The number of ether oxygens (including phenoxy) is 1. The first-order valence-electron chi connectivity index (χ1n) is 8.12. The van der Waals surface area contributed by atoms with E-state index in [9.17, 15) is 9.50 Å². The first kappa shape index (κ1) is 17.2. The number of aliphatic hydroxyl groups is 1. The Morgan fingerprint density at radius 1 is 1.36 bits per heavy atom. The highest BCUT2D eigenvalue weighted by Crippen LogP contribution is 2.16. The molecular formula is C17H27FN2O2. The molecule has 0 aliphatic carbocycles. The summed E-state index contributed by atoms with van der Waals surface area (Å²) < 4.78 is 19.0. The van der Waals surface area contributed by atoms with E-state index < -0.39 is 0 Å². The fraction of sp³-hybridized carbons (Fsp3) is 0.647. The van der Waals surface area contributed by atoms with Gasteiger partial charge in [0.05, 0.1) is 6.10 Å². The van der Waals surface area contributed by atoms with Gasteiger partial charge in [-0.05, 0) is 25.5 Å². The summed E-state index contributed by atoms with van der Waals surface area (Å²) in [5, 5.41) is 9.57. The van der Waals surface area contributed by atoms with Crippen molar-refractivity contribution in [2.24, 2.45) is 0 Å². The highest BCUT2D eigenvalue weighted by molar-refractivity contribution is 5.23. The molecule has 1 aromatic rings. The Balaban J connectivity index is 1.76. The molecule has 1 aliphatic rings. The summed E-state index contributed by atoms with van der Waals surface area (Å²) in [6.45, 7) is 8.94. The highest BCUT2D eigenvalue weighted by Gasteiger charge is 2.26. The molecule has 4 nitrogen and oxygen atoms in total. The van der Waals surface area contributed by atoms with Crippen LogP contribution in [-0.2, 0) is 0 Å². The maximum Gasteiger partial charge on any atom is 0.165 e. The van der Waals surface area contributed by atoms with Crippen LogP contribution < -0.4 is 4.74 Å². The molecule has 2 rings (SSSR count). The van der Waals surface area contributed by atoms with Crippen LogP contribution in [0.1, 0.15) is 20.3 Å². The smallest absolute Gasteiger partial charge is 0.165 e. The van der Waals surface area contributed by atoms with Crippen LogP contribution in [0.25, 0.3) is 0 Å². The molecule has 0 amide bonds. The van der Waals surface area contributed by atoms with E-state index in [1.807, 2.05) is 6.92 Å². The van der Waals surface area contributed by atoms with E-state index in [0.29, 0.717) is 18.4 Å². The number of halogens is 1. The van der Waals surface area contributed by atoms with Gasteiger partial charge < -0.3 is 9.84 Å². The quantitative estimate of drug-likeness (QED) is 0.835. The lowest BCUT2D eigenvalue weighted by Gasteiger charge is -2.41. The minimum Gasteiger partial charge on any atom is -0.489 e. The SMILES string of the molecule is CC[C@H]1CN(CCOc2ccccc2F)CCN1C[C@@H](C)O. The van der Waals surface area contributed by atoms with Crippen molar-refractivity contribution >= 4 is 0 Å². The molecule has 0 radical (unpaired) electrons. The second-order valence-electron chi connectivity index (χ2n) is 5.99. The van der Waals surface area contributed by atoms with Crippen molar-refractivity contribution in [3.8, 4) is 5.75 Å². The monoisotopic (exact) mass is 310 g/mol. The van der Waals surface area contributed by atoms with Crippen molar-refractivity contribution in [1.29, 1.82) is 0 Å². The van der Waals surface area contributed by atoms with Gasteiger partial charge in [-0.25, -0.2) is 4.39 Å². The van der Waals surface area contributed by atoms with Gasteiger partial charge in [-0.1, -0.05) is 19.1 Å². The van der Waals surface area contributed by atoms with Crippen LogP contribution in [0.3, 0.4) is 0 Å². The molecule has 1 fully saturated rings. The minimum atomic E-state index is -0.310. The molecule has 0 spiro atoms. The van der Waals surface area contributed by atoms with Gasteiger partial charge in [-0.3, -0.25) is 9.80 Å². The zero-order valence-corrected chi connectivity index (χ0v) is 13.5. The average molecular weight is 310 g/mol. The molecule has 0 aromatic heterocycles. The summed E-state index contributed by atoms with van der Waals surface area (Å²) in [7, 11) is 0. The Morgan fingerprint density at radius 2 is 2.14 bits per heavy atom. The lowest BCUT2D eigenvalue weighted by Crippen LogP contribution is -2.55. The van der Waals surface area contributed by atoms with Crippen LogP contribution in [-0.4, -0.2) is 66.4 Å². The molecular weight excluding hydrogens is 283 g/mol. The molecule has 124 valence electrons. The molecule has 1 heterocycles. The minimum absolute atomic E-state index is 0.287. The normalized spacial score (nSPS) is 21.7. The number of aliphatic hydroxyl groups excluding tert-OH is 1. The zero-order valence-electron chi connectivity index (χ0n) is 13.5. The average Bonchev–Trinajstić information content (AvgIpc) is 2.50. The molecule has 1 aliphatic heterocycles. The van der Waals surface area contributed by atoms with E-state index >= 15 is 0 Å². The van der Waals surface area contributed by atoms with Crippen molar-refractivity contribution in [2.45, 2.75) is 32.4 Å². The lowest BCUT2D eigenvalue weighted by molar-refractivity contribution is 0.0321. The van der Waals surface area contributed by atoms with Gasteiger partial charge >= 0.3 is 0 Å². The van der Waals surface area contributed by atoms with E-state index in [2.05, 4.69) is 16.7 Å². The molecule has 5 heteroatoms. The van der Waals surface area contributed by atoms with Crippen molar-refractivity contribution in [2.75, 3.05) is 39.3 Å². The molecule has 1 aromatic carbocycles. The number of benzene rings is 1. The molecule has 0 saturated carbocycles.